The van der Waals surface area contributed by atoms with Crippen LogP contribution in [0.5, 0.6) is 0 Å². The summed E-state index contributed by atoms with van der Waals surface area (Å²) in [5.74, 6) is 2.33. The molecule has 2 aliphatic rings. The third-order valence-electron chi connectivity index (χ3n) is 5.97. The van der Waals surface area contributed by atoms with Crippen molar-refractivity contribution in [2.24, 2.45) is 5.92 Å². The molecule has 1 fully saturated rings. The van der Waals surface area contributed by atoms with Gasteiger partial charge in [0.2, 0.25) is 0 Å². The van der Waals surface area contributed by atoms with Gasteiger partial charge >= 0.3 is 0 Å². The monoisotopic (exact) mass is 352 g/mol. The number of hydrogen-bond acceptors (Lipinski definition) is 5. The standard InChI is InChI=1S/C21H28N4O/c1-24(19-9-8-17-6-2-3-7-18(17)11-19)20-12-21(23-15-22-20)25-10-4-5-16(13-25)14-26/h2-3,6-7,12,15-16,19,26H,4-5,8-11,13-14H2,1H3. The molecule has 1 aliphatic carbocycles. The lowest BCUT2D eigenvalue weighted by molar-refractivity contribution is 0.208. The molecular formula is C21H28N4O. The average Bonchev–Trinajstić information content (AvgIpc) is 2.73. The predicted molar refractivity (Wildman–Crippen MR) is 105 cm³/mol. The zero-order valence-corrected chi connectivity index (χ0v) is 15.5. The Balaban J connectivity index is 1.49. The minimum atomic E-state index is 0.260. The van der Waals surface area contributed by atoms with Crippen molar-refractivity contribution in [1.82, 2.24) is 9.97 Å². The Hall–Kier alpha value is -2.14. The van der Waals surface area contributed by atoms with Crippen LogP contribution in [0.15, 0.2) is 36.7 Å². The molecule has 0 amide bonds. The van der Waals surface area contributed by atoms with Gasteiger partial charge in [0.05, 0.1) is 0 Å². The van der Waals surface area contributed by atoms with Crippen LogP contribution in [0.25, 0.3) is 0 Å². The highest BCUT2D eigenvalue weighted by Gasteiger charge is 2.24. The summed E-state index contributed by atoms with van der Waals surface area (Å²) >= 11 is 0. The number of piperidine rings is 1. The molecule has 0 saturated carbocycles. The third-order valence-corrected chi connectivity index (χ3v) is 5.97. The number of aromatic nitrogens is 2. The van der Waals surface area contributed by atoms with E-state index in [0.717, 1.165) is 56.8 Å². The van der Waals surface area contributed by atoms with E-state index >= 15 is 0 Å². The fraction of sp³-hybridized carbons (Fsp3) is 0.524. The van der Waals surface area contributed by atoms with Gasteiger partial charge in [0.25, 0.3) is 0 Å². The molecule has 5 nitrogen and oxygen atoms in total. The molecule has 2 atom stereocenters. The first-order valence-corrected chi connectivity index (χ1v) is 9.72. The van der Waals surface area contributed by atoms with E-state index in [1.54, 1.807) is 6.33 Å². The highest BCUT2D eigenvalue weighted by molar-refractivity contribution is 5.51. The van der Waals surface area contributed by atoms with Crippen molar-refractivity contribution < 1.29 is 5.11 Å². The Labute approximate surface area is 155 Å². The summed E-state index contributed by atoms with van der Waals surface area (Å²) in [7, 11) is 2.15. The van der Waals surface area contributed by atoms with E-state index in [4.69, 9.17) is 0 Å². The number of aryl methyl sites for hydroxylation is 1. The quantitative estimate of drug-likeness (QED) is 0.917. The Kier molecular flexibility index (Phi) is 5.07. The van der Waals surface area contributed by atoms with Gasteiger partial charge in [-0.2, -0.15) is 0 Å². The molecule has 1 N–H and O–H groups in total. The van der Waals surface area contributed by atoms with Crippen molar-refractivity contribution in [3.63, 3.8) is 0 Å². The predicted octanol–water partition coefficient (Wildman–Crippen LogP) is 2.68. The molecule has 0 bridgehead atoms. The maximum absolute atomic E-state index is 9.48. The third kappa shape index (κ3) is 3.54. The topological polar surface area (TPSA) is 52.5 Å². The average molecular weight is 352 g/mol. The second-order valence-corrected chi connectivity index (χ2v) is 7.65. The summed E-state index contributed by atoms with van der Waals surface area (Å²) in [6, 6.07) is 11.4. The number of nitrogens with zero attached hydrogens (tertiary/aromatic N) is 4. The second kappa shape index (κ2) is 7.62. The molecule has 1 aromatic heterocycles. The molecule has 2 heterocycles. The lowest BCUT2D eigenvalue weighted by Gasteiger charge is -2.35. The minimum Gasteiger partial charge on any atom is -0.396 e. The normalized spacial score (nSPS) is 22.8. The minimum absolute atomic E-state index is 0.260. The summed E-state index contributed by atoms with van der Waals surface area (Å²) in [5, 5.41) is 9.48. The molecule has 1 aliphatic heterocycles. The van der Waals surface area contributed by atoms with Crippen molar-refractivity contribution in [2.75, 3.05) is 36.5 Å². The van der Waals surface area contributed by atoms with Crippen molar-refractivity contribution >= 4 is 11.6 Å². The van der Waals surface area contributed by atoms with Gasteiger partial charge in [0.1, 0.15) is 18.0 Å². The van der Waals surface area contributed by atoms with E-state index < -0.39 is 0 Å². The summed E-state index contributed by atoms with van der Waals surface area (Å²) in [4.78, 5) is 13.7. The lowest BCUT2D eigenvalue weighted by Crippen LogP contribution is -2.39. The Bertz CT molecular complexity index is 750. The van der Waals surface area contributed by atoms with Gasteiger partial charge in [-0.1, -0.05) is 24.3 Å². The number of rotatable bonds is 4. The van der Waals surface area contributed by atoms with Crippen LogP contribution in [-0.2, 0) is 12.8 Å². The second-order valence-electron chi connectivity index (χ2n) is 7.65. The summed E-state index contributed by atoms with van der Waals surface area (Å²) < 4.78 is 0. The van der Waals surface area contributed by atoms with Gasteiger partial charge in [-0.3, -0.25) is 0 Å². The van der Waals surface area contributed by atoms with Crippen LogP contribution >= 0.6 is 0 Å². The van der Waals surface area contributed by atoms with Crippen molar-refractivity contribution in [3.8, 4) is 0 Å². The van der Waals surface area contributed by atoms with Gasteiger partial charge in [-0.25, -0.2) is 9.97 Å². The molecule has 1 aromatic carbocycles. The van der Waals surface area contributed by atoms with Gasteiger partial charge < -0.3 is 14.9 Å². The van der Waals surface area contributed by atoms with Gasteiger partial charge in [0.15, 0.2) is 0 Å². The molecule has 4 rings (SSSR count). The van der Waals surface area contributed by atoms with Gasteiger partial charge in [-0.15, -0.1) is 0 Å². The molecule has 5 heteroatoms. The SMILES string of the molecule is CN(c1cc(N2CCCC(CO)C2)ncn1)C1CCc2ccccc2C1. The number of aliphatic hydroxyl groups excluding tert-OH is 1. The maximum Gasteiger partial charge on any atom is 0.134 e. The van der Waals surface area contributed by atoms with Gasteiger partial charge in [-0.05, 0) is 49.1 Å². The van der Waals surface area contributed by atoms with Crippen LogP contribution in [0.1, 0.15) is 30.4 Å². The number of aliphatic hydroxyl groups is 1. The summed E-state index contributed by atoms with van der Waals surface area (Å²) in [6.45, 7) is 2.15. The fourth-order valence-electron chi connectivity index (χ4n) is 4.32. The number of fused-ring (bicyclic) bond motifs is 1. The highest BCUT2D eigenvalue weighted by atomic mass is 16.3. The largest absolute Gasteiger partial charge is 0.396 e. The zero-order valence-electron chi connectivity index (χ0n) is 15.5. The fourth-order valence-corrected chi connectivity index (χ4v) is 4.32. The molecule has 138 valence electrons. The van der Waals surface area contributed by atoms with Crippen LogP contribution in [0.3, 0.4) is 0 Å². The van der Waals surface area contributed by atoms with Crippen molar-refractivity contribution in [2.45, 2.75) is 38.1 Å². The summed E-state index contributed by atoms with van der Waals surface area (Å²) in [5.41, 5.74) is 2.95. The van der Waals surface area contributed by atoms with Crippen molar-refractivity contribution in [3.05, 3.63) is 47.8 Å². The van der Waals surface area contributed by atoms with Crippen LogP contribution in [0, 0.1) is 5.92 Å². The van der Waals surface area contributed by atoms with E-state index in [2.05, 4.69) is 57.1 Å². The smallest absolute Gasteiger partial charge is 0.134 e. The maximum atomic E-state index is 9.48. The van der Waals surface area contributed by atoms with Crippen LogP contribution in [0.2, 0.25) is 0 Å². The zero-order chi connectivity index (χ0) is 17.9. The first-order valence-electron chi connectivity index (χ1n) is 9.72. The molecule has 0 spiro atoms. The van der Waals surface area contributed by atoms with E-state index in [-0.39, 0.29) is 6.61 Å². The molecule has 2 aromatic rings. The Morgan fingerprint density at radius 2 is 2.04 bits per heavy atom. The highest BCUT2D eigenvalue weighted by Crippen LogP contribution is 2.28. The van der Waals surface area contributed by atoms with Crippen LogP contribution in [0.4, 0.5) is 11.6 Å². The van der Waals surface area contributed by atoms with Gasteiger partial charge in [0, 0.05) is 38.9 Å². The van der Waals surface area contributed by atoms with E-state index in [0.29, 0.717) is 12.0 Å². The molecule has 0 radical (unpaired) electrons. The first kappa shape index (κ1) is 17.3. The van der Waals surface area contributed by atoms with E-state index in [9.17, 15) is 5.11 Å². The number of anilines is 2. The number of benzene rings is 1. The molecular weight excluding hydrogens is 324 g/mol. The molecule has 26 heavy (non-hydrogen) atoms. The number of likely N-dealkylation sites (N-methyl/N-ethyl adjacent to an activating group) is 1. The Morgan fingerprint density at radius 1 is 1.19 bits per heavy atom. The lowest BCUT2D eigenvalue weighted by atomic mass is 9.88. The molecule has 1 saturated heterocycles. The van der Waals surface area contributed by atoms with Crippen molar-refractivity contribution in [1.29, 1.82) is 0 Å². The molecule has 2 unspecified atom stereocenters. The van der Waals surface area contributed by atoms with E-state index in [1.807, 2.05) is 0 Å². The van der Waals surface area contributed by atoms with Crippen LogP contribution < -0.4 is 9.80 Å². The summed E-state index contributed by atoms with van der Waals surface area (Å²) in [6.07, 6.45) is 7.26. The van der Waals surface area contributed by atoms with E-state index in [1.165, 1.54) is 11.1 Å². The first-order chi connectivity index (χ1) is 12.7. The van der Waals surface area contributed by atoms with Crippen LogP contribution in [-0.4, -0.2) is 47.9 Å². The number of hydrogen-bond donors (Lipinski definition) is 1. The Morgan fingerprint density at radius 3 is 2.88 bits per heavy atom.